The first kappa shape index (κ1) is 8.69. The molecule has 0 spiro atoms. The molecule has 0 aliphatic rings. The lowest BCUT2D eigenvalue weighted by Gasteiger charge is -2.01. The van der Waals surface area contributed by atoms with Gasteiger partial charge in [0.2, 0.25) is 0 Å². The number of nitrogens with zero attached hydrogens (tertiary/aromatic N) is 1. The Hall–Kier alpha value is -1.90. The second-order valence-electron chi connectivity index (χ2n) is 2.89. The molecular weight excluding hydrogens is 181 g/mol. The summed E-state index contributed by atoms with van der Waals surface area (Å²) in [6, 6.07) is 10.1. The van der Waals surface area contributed by atoms with Gasteiger partial charge in [-0.05, 0) is 0 Å². The fourth-order valence-corrected chi connectivity index (χ4v) is 1.24. The molecular formula is C11H8FNO. The molecule has 70 valence electrons. The average Bonchev–Trinajstić information content (AvgIpc) is 2.19. The van der Waals surface area contributed by atoms with Crippen LogP contribution in [0.4, 0.5) is 4.39 Å². The molecule has 2 rings (SSSR count). The predicted octanol–water partition coefficient (Wildman–Crippen LogP) is 2.59. The van der Waals surface area contributed by atoms with Crippen molar-refractivity contribution < 1.29 is 9.50 Å². The summed E-state index contributed by atoms with van der Waals surface area (Å²) in [5.74, 6) is -0.682. The number of hydrogen-bond donors (Lipinski definition) is 1. The maximum absolute atomic E-state index is 13.3. The lowest BCUT2D eigenvalue weighted by atomic mass is 10.1. The average molecular weight is 189 g/mol. The third-order valence-electron chi connectivity index (χ3n) is 1.87. The van der Waals surface area contributed by atoms with Crippen molar-refractivity contribution in [3.8, 4) is 17.0 Å². The molecule has 2 nitrogen and oxygen atoms in total. The number of rotatable bonds is 1. The van der Waals surface area contributed by atoms with Crippen LogP contribution in [0.1, 0.15) is 0 Å². The molecule has 0 unspecified atom stereocenters. The van der Waals surface area contributed by atoms with E-state index < -0.39 is 5.82 Å². The summed E-state index contributed by atoms with van der Waals surface area (Å²) in [7, 11) is 0. The highest BCUT2D eigenvalue weighted by Gasteiger charge is 2.06. The van der Waals surface area contributed by atoms with Crippen LogP contribution in [0.2, 0.25) is 0 Å². The third kappa shape index (κ3) is 1.57. The highest BCUT2D eigenvalue weighted by atomic mass is 19.1. The molecule has 0 radical (unpaired) electrons. The second-order valence-corrected chi connectivity index (χ2v) is 2.89. The molecule has 1 aromatic carbocycles. The van der Waals surface area contributed by atoms with Crippen LogP contribution in [0.5, 0.6) is 5.75 Å². The van der Waals surface area contributed by atoms with Crippen LogP contribution < -0.4 is 0 Å². The molecule has 1 heterocycles. The Morgan fingerprint density at radius 3 is 2.50 bits per heavy atom. The van der Waals surface area contributed by atoms with Crippen molar-refractivity contribution in [1.29, 1.82) is 0 Å². The van der Waals surface area contributed by atoms with Gasteiger partial charge in [-0.15, -0.1) is 0 Å². The molecule has 1 aromatic heterocycles. The van der Waals surface area contributed by atoms with Crippen molar-refractivity contribution in [1.82, 2.24) is 4.98 Å². The van der Waals surface area contributed by atoms with Crippen LogP contribution in [-0.2, 0) is 0 Å². The molecule has 0 atom stereocenters. The van der Waals surface area contributed by atoms with Gasteiger partial charge in [0.25, 0.3) is 0 Å². The Labute approximate surface area is 80.7 Å². The highest BCUT2D eigenvalue weighted by Crippen LogP contribution is 2.22. The first-order chi connectivity index (χ1) is 6.77. The Morgan fingerprint density at radius 2 is 1.86 bits per heavy atom. The molecule has 0 fully saturated rings. The van der Waals surface area contributed by atoms with Crippen LogP contribution >= 0.6 is 0 Å². The van der Waals surface area contributed by atoms with E-state index in [4.69, 9.17) is 5.11 Å². The zero-order chi connectivity index (χ0) is 9.97. The highest BCUT2D eigenvalue weighted by molar-refractivity contribution is 5.59. The minimum absolute atomic E-state index is 0.165. The maximum Gasteiger partial charge on any atom is 0.153 e. The number of hydrogen-bond acceptors (Lipinski definition) is 2. The van der Waals surface area contributed by atoms with Crippen molar-refractivity contribution in [2.75, 3.05) is 0 Å². The van der Waals surface area contributed by atoms with E-state index in [9.17, 15) is 4.39 Å². The minimum Gasteiger partial charge on any atom is -0.506 e. The second kappa shape index (κ2) is 3.46. The van der Waals surface area contributed by atoms with Crippen LogP contribution in [-0.4, -0.2) is 10.1 Å². The minimum atomic E-state index is -0.517. The van der Waals surface area contributed by atoms with Gasteiger partial charge >= 0.3 is 0 Å². The predicted molar refractivity (Wildman–Crippen MR) is 51.3 cm³/mol. The first-order valence-corrected chi connectivity index (χ1v) is 4.17. The molecule has 0 aliphatic carbocycles. The van der Waals surface area contributed by atoms with Crippen LogP contribution in [0.25, 0.3) is 11.3 Å². The van der Waals surface area contributed by atoms with Gasteiger partial charge in [0, 0.05) is 11.6 Å². The molecule has 14 heavy (non-hydrogen) atoms. The summed E-state index contributed by atoms with van der Waals surface area (Å²) in [4.78, 5) is 3.82. The number of aromatic nitrogens is 1. The summed E-state index contributed by atoms with van der Waals surface area (Å²) >= 11 is 0. The van der Waals surface area contributed by atoms with Gasteiger partial charge in [0.15, 0.2) is 5.82 Å². The number of pyridine rings is 1. The van der Waals surface area contributed by atoms with Crippen LogP contribution in [0.15, 0.2) is 42.6 Å². The van der Waals surface area contributed by atoms with E-state index in [1.54, 1.807) is 12.1 Å². The summed E-state index contributed by atoms with van der Waals surface area (Å²) < 4.78 is 13.3. The van der Waals surface area contributed by atoms with Gasteiger partial charge in [-0.25, -0.2) is 9.37 Å². The van der Waals surface area contributed by atoms with Crippen molar-refractivity contribution in [3.63, 3.8) is 0 Å². The van der Waals surface area contributed by atoms with Gasteiger partial charge in [0.1, 0.15) is 11.4 Å². The topological polar surface area (TPSA) is 33.1 Å². The quantitative estimate of drug-likeness (QED) is 0.747. The zero-order valence-corrected chi connectivity index (χ0v) is 7.31. The van der Waals surface area contributed by atoms with E-state index in [0.717, 1.165) is 6.07 Å². The van der Waals surface area contributed by atoms with Crippen molar-refractivity contribution in [2.45, 2.75) is 0 Å². The van der Waals surface area contributed by atoms with Crippen molar-refractivity contribution in [3.05, 3.63) is 48.4 Å². The van der Waals surface area contributed by atoms with Gasteiger partial charge in [0.05, 0.1) is 6.20 Å². The molecule has 0 saturated carbocycles. The Bertz CT molecular complexity index is 442. The summed E-state index contributed by atoms with van der Waals surface area (Å²) in [6.45, 7) is 0. The first-order valence-electron chi connectivity index (χ1n) is 4.17. The van der Waals surface area contributed by atoms with Gasteiger partial charge in [-0.1, -0.05) is 30.3 Å². The van der Waals surface area contributed by atoms with E-state index in [0.29, 0.717) is 5.56 Å². The molecule has 0 bridgehead atoms. The number of halogens is 1. The fraction of sp³-hybridized carbons (Fsp3) is 0. The summed E-state index contributed by atoms with van der Waals surface area (Å²) in [5.41, 5.74) is 0.952. The van der Waals surface area contributed by atoms with Crippen LogP contribution in [0, 0.1) is 5.82 Å². The summed E-state index contributed by atoms with van der Waals surface area (Å²) in [6.07, 6.45) is 1.23. The van der Waals surface area contributed by atoms with Crippen molar-refractivity contribution in [2.24, 2.45) is 0 Å². The standard InChI is InChI=1S/C11H8FNO/c12-10-6-9(14)7-13-11(10)8-4-2-1-3-5-8/h1-7,14H. The van der Waals surface area contributed by atoms with Crippen molar-refractivity contribution >= 4 is 0 Å². The van der Waals surface area contributed by atoms with Gasteiger partial charge in [-0.2, -0.15) is 0 Å². The number of aromatic hydroxyl groups is 1. The fourth-order valence-electron chi connectivity index (χ4n) is 1.24. The van der Waals surface area contributed by atoms with Crippen LogP contribution in [0.3, 0.4) is 0 Å². The molecule has 0 saturated heterocycles. The zero-order valence-electron chi connectivity index (χ0n) is 7.31. The van der Waals surface area contributed by atoms with E-state index in [1.165, 1.54) is 6.20 Å². The third-order valence-corrected chi connectivity index (χ3v) is 1.87. The van der Waals surface area contributed by atoms with Gasteiger partial charge in [-0.3, -0.25) is 0 Å². The van der Waals surface area contributed by atoms with E-state index in [-0.39, 0.29) is 11.4 Å². The van der Waals surface area contributed by atoms with E-state index in [1.807, 2.05) is 18.2 Å². The Kier molecular flexibility index (Phi) is 2.14. The Balaban J connectivity index is 2.53. The summed E-state index contributed by atoms with van der Waals surface area (Å²) in [5, 5.41) is 8.98. The molecule has 0 amide bonds. The molecule has 1 N–H and O–H groups in total. The Morgan fingerprint density at radius 1 is 1.14 bits per heavy atom. The van der Waals surface area contributed by atoms with Gasteiger partial charge < -0.3 is 5.11 Å². The van der Waals surface area contributed by atoms with E-state index in [2.05, 4.69) is 4.98 Å². The van der Waals surface area contributed by atoms with E-state index >= 15 is 0 Å². The SMILES string of the molecule is Oc1cnc(-c2ccccc2)c(F)c1. The largest absolute Gasteiger partial charge is 0.506 e. The smallest absolute Gasteiger partial charge is 0.153 e. The molecule has 3 heteroatoms. The number of benzene rings is 1. The monoisotopic (exact) mass is 189 g/mol. The molecule has 2 aromatic rings. The molecule has 0 aliphatic heterocycles. The maximum atomic E-state index is 13.3. The normalized spacial score (nSPS) is 10.1. The lowest BCUT2D eigenvalue weighted by molar-refractivity contribution is 0.466. The lowest BCUT2D eigenvalue weighted by Crippen LogP contribution is -1.87.